The van der Waals surface area contributed by atoms with Crippen molar-refractivity contribution in [2.45, 2.75) is 196 Å². The molecule has 6 N–H and O–H groups in total. The van der Waals surface area contributed by atoms with Crippen LogP contribution >= 0.6 is 0 Å². The number of piperidine rings is 1. The molecule has 118 heavy (non-hydrogen) atoms. The standard InChI is InChI=1S/C24H34N4O3S.C12H17NO3S.C12H17NO.C11H15NO.C11H17NO.C11H13NO.C7H7FO.C4H7N.C2H6/c1-3-19-16-25-24(26-17-19)27-11-8-20(9-12-27)5-4-14-31-23-7-6-22-18-28(32(2,29)30)13-10-21(22)15-23;1-12(2)8-13(17(3,15)16)7-9-4-5-10(14)6-11(9)12;1-12(2)8-13-7-9-4-5-10(14-3)6-11(9)12;1-11(2)7-12-6-8-3-4-9(13)5-10(8)11;2*1-11(2,8-12)9-5-4-6-10(7-9)13-3;1-9-7-4-2-3-6(8)5-7;1-4(2)3-5;1-2/h6-7,15-17,20H,3-5,8-14,18H2,1-2H3;4-6,14H,7-8H2,1-3H3;4-6,13H,7-8H2,1-3H3;3-5,12-13H,6-7H2,1-2H3;4-7H,8,12H2,1-3H3;4-7H,1-3H3;2-5H,1H3;4H,1-2H3;1-2H3. The van der Waals surface area contributed by atoms with Gasteiger partial charge in [0.1, 0.15) is 46.1 Å². The molecule has 0 saturated carbocycles. The second-order valence-corrected chi connectivity index (χ2v) is 37.2. The summed E-state index contributed by atoms with van der Waals surface area (Å²) >= 11 is 0. The normalized spacial score (nSPS) is 15.6. The molecule has 0 atom stereocenters. The minimum Gasteiger partial charge on any atom is -0.508 e. The fraction of sp³-hybridized carbons (Fsp3) is 0.489. The van der Waals surface area contributed by atoms with Gasteiger partial charge in [0.2, 0.25) is 26.0 Å². The average molecular weight is 1660 g/mol. The summed E-state index contributed by atoms with van der Waals surface area (Å²) in [5.74, 6) is 6.18. The van der Waals surface area contributed by atoms with Crippen LogP contribution in [-0.4, -0.2) is 139 Å². The lowest BCUT2D eigenvalue weighted by Gasteiger charge is -2.38. The number of phenols is 2. The summed E-state index contributed by atoms with van der Waals surface area (Å²) in [5, 5.41) is 42.5. The quantitative estimate of drug-likeness (QED) is 0.0562. The van der Waals surface area contributed by atoms with Crippen molar-refractivity contribution in [1.29, 1.82) is 10.5 Å². The number of methoxy groups -OCH3 is 4. The molecule has 5 aliphatic rings. The van der Waals surface area contributed by atoms with Crippen molar-refractivity contribution in [2.75, 3.05) is 98.3 Å². The highest BCUT2D eigenvalue weighted by molar-refractivity contribution is 7.88. The molecule has 0 bridgehead atoms. The zero-order valence-electron chi connectivity index (χ0n) is 73.9. The Morgan fingerprint density at radius 1 is 0.593 bits per heavy atom. The fourth-order valence-corrected chi connectivity index (χ4v) is 15.5. The third-order valence-corrected chi connectivity index (χ3v) is 23.7. The van der Waals surface area contributed by atoms with Crippen LogP contribution in [0, 0.1) is 40.3 Å². The predicted molar refractivity (Wildman–Crippen MR) is 475 cm³/mol. The number of rotatable bonds is 16. The van der Waals surface area contributed by atoms with Gasteiger partial charge in [-0.2, -0.15) is 19.1 Å². The van der Waals surface area contributed by atoms with Crippen molar-refractivity contribution < 1.29 is 55.1 Å². The summed E-state index contributed by atoms with van der Waals surface area (Å²) in [7, 11) is 0.209. The average Bonchev–Trinajstić information content (AvgIpc) is 0.771. The smallest absolute Gasteiger partial charge is 0.225 e. The number of halogens is 1. The van der Waals surface area contributed by atoms with E-state index in [1.807, 2.05) is 147 Å². The summed E-state index contributed by atoms with van der Waals surface area (Å²) in [4.78, 5) is 11.3. The van der Waals surface area contributed by atoms with Gasteiger partial charge in [-0.05, 0) is 218 Å². The number of fused-ring (bicyclic) bond motifs is 4. The Morgan fingerprint density at radius 3 is 1.54 bits per heavy atom. The number of aromatic hydroxyl groups is 2. The zero-order chi connectivity index (χ0) is 87.8. The van der Waals surface area contributed by atoms with Gasteiger partial charge in [0, 0.05) is 118 Å². The van der Waals surface area contributed by atoms with Gasteiger partial charge in [0.15, 0.2) is 0 Å². The molecule has 6 heterocycles. The number of sulfonamides is 2. The van der Waals surface area contributed by atoms with E-state index in [2.05, 4.69) is 104 Å². The highest BCUT2D eigenvalue weighted by Gasteiger charge is 2.36. The highest BCUT2D eigenvalue weighted by Crippen LogP contribution is 2.38. The van der Waals surface area contributed by atoms with E-state index in [9.17, 15) is 31.4 Å². The van der Waals surface area contributed by atoms with Crippen molar-refractivity contribution in [3.8, 4) is 52.4 Å². The van der Waals surface area contributed by atoms with E-state index in [0.29, 0.717) is 44.2 Å². The molecule has 7 aromatic carbocycles. The minimum atomic E-state index is -3.18. The molecule has 1 aromatic heterocycles. The van der Waals surface area contributed by atoms with Crippen LogP contribution in [0.3, 0.4) is 0 Å². The van der Waals surface area contributed by atoms with Crippen molar-refractivity contribution in [3.05, 3.63) is 225 Å². The Kier molecular flexibility index (Phi) is 38.9. The number of nitrogens with two attached hydrogens (primary N) is 1. The predicted octanol–water partition coefficient (Wildman–Crippen LogP) is 17.2. The van der Waals surface area contributed by atoms with Gasteiger partial charge in [0.05, 0.1) is 65.1 Å². The van der Waals surface area contributed by atoms with E-state index >= 15 is 0 Å². The van der Waals surface area contributed by atoms with Crippen molar-refractivity contribution >= 4 is 26.0 Å². The van der Waals surface area contributed by atoms with E-state index in [1.165, 1.54) is 98.6 Å². The third-order valence-electron chi connectivity index (χ3n) is 21.2. The highest BCUT2D eigenvalue weighted by atomic mass is 32.2. The van der Waals surface area contributed by atoms with Crippen molar-refractivity contribution in [1.82, 2.24) is 29.2 Å². The summed E-state index contributed by atoms with van der Waals surface area (Å²) in [6, 6.07) is 49.1. The maximum absolute atomic E-state index is 12.3. The number of ether oxygens (including phenoxy) is 5. The number of phenolic OH excluding ortho intramolecular Hbond substituents is 2. The van der Waals surface area contributed by atoms with Crippen molar-refractivity contribution in [2.24, 2.45) is 17.6 Å². The molecule has 0 amide bonds. The van der Waals surface area contributed by atoms with Crippen LogP contribution in [0.4, 0.5) is 10.3 Å². The van der Waals surface area contributed by atoms with E-state index in [1.54, 1.807) is 57.7 Å². The summed E-state index contributed by atoms with van der Waals surface area (Å²) in [6.45, 7) is 39.9. The number of nitrogens with one attached hydrogen (secondary N) is 2. The van der Waals surface area contributed by atoms with E-state index in [0.717, 1.165) is 122 Å². The van der Waals surface area contributed by atoms with Gasteiger partial charge >= 0.3 is 0 Å². The summed E-state index contributed by atoms with van der Waals surface area (Å²) in [5.41, 5.74) is 18.3. The first-order valence-corrected chi connectivity index (χ1v) is 44.4. The van der Waals surface area contributed by atoms with Crippen LogP contribution in [0.15, 0.2) is 158 Å². The summed E-state index contributed by atoms with van der Waals surface area (Å²) < 4.78 is 88.3. The molecule has 24 heteroatoms. The van der Waals surface area contributed by atoms with Gasteiger partial charge in [-0.25, -0.2) is 31.2 Å². The minimum absolute atomic E-state index is 0.0224. The van der Waals surface area contributed by atoms with Gasteiger partial charge < -0.3 is 55.2 Å². The Balaban J connectivity index is 0.000000252. The molecular formula is C94H133FN10O11S2. The van der Waals surface area contributed by atoms with Crippen LogP contribution in [0.25, 0.3) is 0 Å². The van der Waals surface area contributed by atoms with Crippen LogP contribution in [-0.2, 0) is 86.1 Å². The molecule has 1 fully saturated rings. The number of benzene rings is 7. The first kappa shape index (κ1) is 99.2. The maximum Gasteiger partial charge on any atom is 0.225 e. The van der Waals surface area contributed by atoms with E-state index in [-0.39, 0.29) is 39.1 Å². The molecule has 0 spiro atoms. The second kappa shape index (κ2) is 46.3. The van der Waals surface area contributed by atoms with Crippen LogP contribution in [0.2, 0.25) is 0 Å². The van der Waals surface area contributed by atoms with Crippen LogP contribution < -0.4 is 45.0 Å². The van der Waals surface area contributed by atoms with E-state index < -0.39 is 25.5 Å². The van der Waals surface area contributed by atoms with Gasteiger partial charge in [-0.15, -0.1) is 0 Å². The first-order chi connectivity index (χ1) is 55.6. The second-order valence-electron chi connectivity index (χ2n) is 33.3. The maximum atomic E-state index is 12.3. The number of aromatic nitrogens is 2. The van der Waals surface area contributed by atoms with Crippen LogP contribution in [0.5, 0.6) is 40.2 Å². The lowest BCUT2D eigenvalue weighted by molar-refractivity contribution is 0.278. The van der Waals surface area contributed by atoms with E-state index in [4.69, 9.17) is 39.9 Å². The third kappa shape index (κ3) is 31.1. The molecule has 644 valence electrons. The lowest BCUT2D eigenvalue weighted by Crippen LogP contribution is -2.44. The van der Waals surface area contributed by atoms with Gasteiger partial charge in [0.25, 0.3) is 0 Å². The number of hydrogen-bond donors (Lipinski definition) is 5. The molecule has 5 aliphatic heterocycles. The number of aryl methyl sites for hydroxylation is 1. The monoisotopic (exact) mass is 1660 g/mol. The number of nitriles is 2. The molecule has 1 saturated heterocycles. The lowest BCUT2D eigenvalue weighted by atomic mass is 9.79. The fourth-order valence-electron chi connectivity index (χ4n) is 13.7. The zero-order valence-corrected chi connectivity index (χ0v) is 75.5. The summed E-state index contributed by atoms with van der Waals surface area (Å²) in [6.07, 6.45) is 12.7. The molecular weight excluding hydrogens is 1530 g/mol. The number of hydrogen-bond acceptors (Lipinski definition) is 19. The molecule has 0 unspecified atom stereocenters. The largest absolute Gasteiger partial charge is 0.508 e. The van der Waals surface area contributed by atoms with Crippen molar-refractivity contribution in [3.63, 3.8) is 0 Å². The molecule has 0 radical (unpaired) electrons. The molecule has 8 aromatic rings. The number of nitrogens with zero attached hydrogens (tertiary/aromatic N) is 7. The Labute approximate surface area is 705 Å². The molecule has 21 nitrogen and oxygen atoms in total. The topological polar surface area (TPSA) is 288 Å². The van der Waals surface area contributed by atoms with Gasteiger partial charge in [-0.1, -0.05) is 131 Å². The Morgan fingerprint density at radius 2 is 1.05 bits per heavy atom. The molecule has 13 rings (SSSR count). The number of anilines is 1. The molecule has 0 aliphatic carbocycles. The first-order valence-electron chi connectivity index (χ1n) is 40.7. The Bertz CT molecular complexity index is 4770. The SMILES string of the molecule is CC.CC(C)C#N.CC1(C)CN(S(C)(=O)=O)Cc2ccc(O)cc21.CC1(C)CNCc2ccc(O)cc21.CCc1cnc(N2CCC(CCCOc3ccc4c(c3)CCN(S(C)(=O)=O)C4)CC2)nc1.COc1ccc2c(c1)C(C)(C)CNC2.COc1cccc(C(C)(C)C#N)c1.COc1cccc(C(C)(C)CN)c1.COc1cccc(F)c1. The van der Waals surface area contributed by atoms with Gasteiger partial charge in [-0.3, -0.25) is 0 Å². The Hall–Kier alpha value is -9.37. The van der Waals surface area contributed by atoms with Crippen LogP contribution in [0.1, 0.15) is 191 Å².